The lowest BCUT2D eigenvalue weighted by atomic mass is 9.88. The van der Waals surface area contributed by atoms with Gasteiger partial charge in [0, 0.05) is 24.8 Å². The quantitative estimate of drug-likeness (QED) is 0.843. The molecule has 0 unspecified atom stereocenters. The molecule has 1 saturated heterocycles. The van der Waals surface area contributed by atoms with Gasteiger partial charge >= 0.3 is 0 Å². The maximum absolute atomic E-state index is 5.63. The van der Waals surface area contributed by atoms with Gasteiger partial charge in [-0.05, 0) is 48.8 Å². The number of rotatable bonds is 3. The first-order valence-corrected chi connectivity index (χ1v) is 6.98. The molecule has 0 aliphatic carbocycles. The minimum Gasteiger partial charge on any atom is -0.478 e. The van der Waals surface area contributed by atoms with Crippen molar-refractivity contribution in [3.63, 3.8) is 0 Å². The van der Waals surface area contributed by atoms with Crippen LogP contribution in [-0.4, -0.2) is 24.8 Å². The van der Waals surface area contributed by atoms with Crippen molar-refractivity contribution < 1.29 is 9.47 Å². The van der Waals surface area contributed by atoms with Crippen molar-refractivity contribution >= 4 is 10.8 Å². The summed E-state index contributed by atoms with van der Waals surface area (Å²) in [5, 5.41) is 2.39. The topological polar surface area (TPSA) is 31.4 Å². The molecule has 0 N–H and O–H groups in total. The van der Waals surface area contributed by atoms with E-state index in [0.717, 1.165) is 37.3 Å². The normalized spacial score (nSPS) is 16.7. The van der Waals surface area contributed by atoms with Crippen LogP contribution < -0.4 is 4.74 Å². The van der Waals surface area contributed by atoms with Crippen LogP contribution in [0, 0.1) is 0 Å². The maximum atomic E-state index is 5.63. The number of benzene rings is 1. The zero-order chi connectivity index (χ0) is 13.1. The van der Waals surface area contributed by atoms with Gasteiger partial charge in [0.15, 0.2) is 0 Å². The Labute approximate surface area is 113 Å². The zero-order valence-electron chi connectivity index (χ0n) is 11.3. The van der Waals surface area contributed by atoms with Gasteiger partial charge in [0.05, 0.1) is 6.61 Å². The van der Waals surface area contributed by atoms with Gasteiger partial charge in [0.25, 0.3) is 0 Å². The average molecular weight is 257 g/mol. The third-order valence-corrected chi connectivity index (χ3v) is 3.75. The third-order valence-electron chi connectivity index (χ3n) is 3.75. The first kappa shape index (κ1) is 12.4. The molecule has 1 aliphatic heterocycles. The van der Waals surface area contributed by atoms with Crippen LogP contribution in [0.1, 0.15) is 31.2 Å². The Morgan fingerprint density at radius 1 is 1.21 bits per heavy atom. The minimum atomic E-state index is 0.592. The molecule has 3 nitrogen and oxygen atoms in total. The Morgan fingerprint density at radius 2 is 2.05 bits per heavy atom. The number of pyridine rings is 1. The van der Waals surface area contributed by atoms with E-state index in [2.05, 4.69) is 29.2 Å². The van der Waals surface area contributed by atoms with Crippen molar-refractivity contribution in [1.29, 1.82) is 0 Å². The molecule has 1 aliphatic rings. The number of aromatic nitrogens is 1. The predicted octanol–water partition coefficient (Wildman–Crippen LogP) is 3.53. The number of nitrogens with zero attached hydrogens (tertiary/aromatic N) is 1. The second-order valence-electron chi connectivity index (χ2n) is 4.88. The summed E-state index contributed by atoms with van der Waals surface area (Å²) in [5.74, 6) is 1.34. The van der Waals surface area contributed by atoms with E-state index in [4.69, 9.17) is 9.47 Å². The molecule has 3 rings (SSSR count). The van der Waals surface area contributed by atoms with Crippen molar-refractivity contribution in [2.75, 3.05) is 19.8 Å². The van der Waals surface area contributed by atoms with Crippen molar-refractivity contribution in [1.82, 2.24) is 4.98 Å². The summed E-state index contributed by atoms with van der Waals surface area (Å²) < 4.78 is 11.1. The highest BCUT2D eigenvalue weighted by atomic mass is 16.5. The van der Waals surface area contributed by atoms with E-state index >= 15 is 0 Å². The fourth-order valence-corrected chi connectivity index (χ4v) is 2.82. The monoisotopic (exact) mass is 257 g/mol. The first-order chi connectivity index (χ1) is 9.40. The van der Waals surface area contributed by atoms with Gasteiger partial charge in [-0.15, -0.1) is 0 Å². The van der Waals surface area contributed by atoms with Crippen LogP contribution >= 0.6 is 0 Å². The second-order valence-corrected chi connectivity index (χ2v) is 4.88. The lowest BCUT2D eigenvalue weighted by molar-refractivity contribution is 0.0856. The first-order valence-electron chi connectivity index (χ1n) is 6.98. The molecular formula is C16H19NO2. The molecule has 0 saturated carbocycles. The summed E-state index contributed by atoms with van der Waals surface area (Å²) >= 11 is 0. The summed E-state index contributed by atoms with van der Waals surface area (Å²) in [7, 11) is 0. The van der Waals surface area contributed by atoms with Crippen LogP contribution in [0.5, 0.6) is 5.88 Å². The Hall–Kier alpha value is -1.61. The predicted molar refractivity (Wildman–Crippen MR) is 75.7 cm³/mol. The molecule has 2 aromatic rings. The summed E-state index contributed by atoms with van der Waals surface area (Å²) in [5.41, 5.74) is 1.41. The van der Waals surface area contributed by atoms with Crippen LogP contribution in [0.2, 0.25) is 0 Å². The summed E-state index contributed by atoms with van der Waals surface area (Å²) in [4.78, 5) is 4.34. The highest BCUT2D eigenvalue weighted by Crippen LogP contribution is 2.34. The van der Waals surface area contributed by atoms with Crippen LogP contribution in [0.15, 0.2) is 30.5 Å². The second kappa shape index (κ2) is 5.57. The van der Waals surface area contributed by atoms with E-state index in [1.54, 1.807) is 0 Å². The molecule has 1 fully saturated rings. The Balaban J connectivity index is 2.07. The van der Waals surface area contributed by atoms with Gasteiger partial charge < -0.3 is 9.47 Å². The van der Waals surface area contributed by atoms with Crippen LogP contribution in [0.4, 0.5) is 0 Å². The highest BCUT2D eigenvalue weighted by Gasteiger charge is 2.18. The van der Waals surface area contributed by atoms with E-state index in [1.807, 2.05) is 13.1 Å². The molecule has 0 spiro atoms. The molecule has 1 aromatic carbocycles. The molecule has 100 valence electrons. The van der Waals surface area contributed by atoms with E-state index in [-0.39, 0.29) is 0 Å². The SMILES string of the molecule is CCOc1nccc2c(C3CCOCC3)cccc12. The molecule has 0 bridgehead atoms. The van der Waals surface area contributed by atoms with Gasteiger partial charge in [0.2, 0.25) is 5.88 Å². The molecule has 0 amide bonds. The van der Waals surface area contributed by atoms with Gasteiger partial charge in [-0.3, -0.25) is 0 Å². The number of hydrogen-bond acceptors (Lipinski definition) is 3. The number of ether oxygens (including phenoxy) is 2. The summed E-state index contributed by atoms with van der Waals surface area (Å²) in [6.07, 6.45) is 4.05. The van der Waals surface area contributed by atoms with Crippen LogP contribution in [-0.2, 0) is 4.74 Å². The molecule has 0 atom stereocenters. The largest absolute Gasteiger partial charge is 0.478 e. The lowest BCUT2D eigenvalue weighted by Crippen LogP contribution is -2.14. The van der Waals surface area contributed by atoms with E-state index in [1.165, 1.54) is 10.9 Å². The molecule has 2 heterocycles. The van der Waals surface area contributed by atoms with Crippen LogP contribution in [0.3, 0.4) is 0 Å². The fraction of sp³-hybridized carbons (Fsp3) is 0.438. The van der Waals surface area contributed by atoms with Gasteiger partial charge in [-0.2, -0.15) is 0 Å². The minimum absolute atomic E-state index is 0.592. The smallest absolute Gasteiger partial charge is 0.221 e. The Kier molecular flexibility index (Phi) is 3.65. The molecule has 1 aromatic heterocycles. The molecule has 0 radical (unpaired) electrons. The van der Waals surface area contributed by atoms with Crippen molar-refractivity contribution in [3.8, 4) is 5.88 Å². The van der Waals surface area contributed by atoms with Gasteiger partial charge in [-0.1, -0.05) is 12.1 Å². The van der Waals surface area contributed by atoms with Crippen molar-refractivity contribution in [3.05, 3.63) is 36.0 Å². The van der Waals surface area contributed by atoms with E-state index < -0.39 is 0 Å². The summed E-state index contributed by atoms with van der Waals surface area (Å²) in [6, 6.07) is 8.53. The number of hydrogen-bond donors (Lipinski definition) is 0. The Bertz CT molecular complexity index is 562. The third kappa shape index (κ3) is 2.43. The van der Waals surface area contributed by atoms with E-state index in [9.17, 15) is 0 Å². The zero-order valence-corrected chi connectivity index (χ0v) is 11.3. The molecule has 19 heavy (non-hydrogen) atoms. The standard InChI is InChI=1S/C16H19NO2/c1-2-19-16-15-5-3-4-13(14(15)6-9-17-16)12-7-10-18-11-8-12/h3-6,9,12H,2,7-8,10-11H2,1H3. The Morgan fingerprint density at radius 3 is 2.84 bits per heavy atom. The fourth-order valence-electron chi connectivity index (χ4n) is 2.82. The van der Waals surface area contributed by atoms with Crippen LogP contribution in [0.25, 0.3) is 10.8 Å². The number of fused-ring (bicyclic) bond motifs is 1. The van der Waals surface area contributed by atoms with Crippen molar-refractivity contribution in [2.45, 2.75) is 25.7 Å². The van der Waals surface area contributed by atoms with Gasteiger partial charge in [0.1, 0.15) is 0 Å². The van der Waals surface area contributed by atoms with Gasteiger partial charge in [-0.25, -0.2) is 4.98 Å². The lowest BCUT2D eigenvalue weighted by Gasteiger charge is -2.23. The van der Waals surface area contributed by atoms with Crippen molar-refractivity contribution in [2.24, 2.45) is 0 Å². The highest BCUT2D eigenvalue weighted by molar-refractivity contribution is 5.89. The maximum Gasteiger partial charge on any atom is 0.221 e. The molecular weight excluding hydrogens is 238 g/mol. The molecule has 3 heteroatoms. The van der Waals surface area contributed by atoms with E-state index in [0.29, 0.717) is 12.5 Å². The summed E-state index contributed by atoms with van der Waals surface area (Å²) in [6.45, 7) is 4.37. The average Bonchev–Trinajstić information content (AvgIpc) is 2.48.